The van der Waals surface area contributed by atoms with E-state index in [4.69, 9.17) is 0 Å². The fraction of sp³-hybridized carbons (Fsp3) is 0.172. The molecule has 0 N–H and O–H groups in total. The zero-order chi connectivity index (χ0) is 20.8. The highest BCUT2D eigenvalue weighted by molar-refractivity contribution is 7.99. The zero-order valence-corrected chi connectivity index (χ0v) is 19.3. The summed E-state index contributed by atoms with van der Waals surface area (Å²) in [5.74, 6) is 0. The second-order valence-corrected chi connectivity index (χ2v) is 10.5. The van der Waals surface area contributed by atoms with Gasteiger partial charge in [0.15, 0.2) is 0 Å². The quantitative estimate of drug-likeness (QED) is 0.248. The van der Waals surface area contributed by atoms with Crippen LogP contribution in [0.3, 0.4) is 0 Å². The lowest BCUT2D eigenvalue weighted by Gasteiger charge is -2.17. The second kappa shape index (κ2) is 7.85. The number of aryl methyl sites for hydroxylation is 1. The van der Waals surface area contributed by atoms with Gasteiger partial charge in [0.1, 0.15) is 0 Å². The maximum absolute atomic E-state index is 2.50. The molecule has 6 rings (SSSR count). The molecule has 31 heavy (non-hydrogen) atoms. The van der Waals surface area contributed by atoms with Crippen LogP contribution in [0, 0.1) is 0 Å². The smallest absolute Gasteiger partial charge is 0.0364 e. The predicted molar refractivity (Wildman–Crippen MR) is 138 cm³/mol. The van der Waals surface area contributed by atoms with Gasteiger partial charge in [-0.15, -0.1) is 11.3 Å². The van der Waals surface area contributed by atoms with Gasteiger partial charge in [-0.2, -0.15) is 0 Å². The Balaban J connectivity index is 1.79. The third-order valence-electron chi connectivity index (χ3n) is 6.33. The third-order valence-corrected chi connectivity index (χ3v) is 8.60. The summed E-state index contributed by atoms with van der Waals surface area (Å²) in [7, 11) is 0. The van der Waals surface area contributed by atoms with E-state index >= 15 is 0 Å². The minimum absolute atomic E-state index is 1.14. The Morgan fingerprint density at radius 2 is 1.35 bits per heavy atom. The van der Waals surface area contributed by atoms with Crippen LogP contribution in [-0.4, -0.2) is 0 Å². The van der Waals surface area contributed by atoms with Crippen LogP contribution in [0.4, 0.5) is 0 Å². The summed E-state index contributed by atoms with van der Waals surface area (Å²) in [6.45, 7) is 2.29. The van der Waals surface area contributed by atoms with E-state index in [-0.39, 0.29) is 0 Å². The van der Waals surface area contributed by atoms with Gasteiger partial charge in [-0.3, -0.25) is 0 Å². The second-order valence-electron chi connectivity index (χ2n) is 8.31. The van der Waals surface area contributed by atoms with E-state index in [1.54, 1.807) is 0 Å². The number of hydrogen-bond acceptors (Lipinski definition) is 2. The lowest BCUT2D eigenvalue weighted by Crippen LogP contribution is -1.95. The Labute approximate surface area is 191 Å². The van der Waals surface area contributed by atoms with Crippen LogP contribution in [0.15, 0.2) is 88.7 Å². The topological polar surface area (TPSA) is 0 Å². The van der Waals surface area contributed by atoms with Crippen molar-refractivity contribution in [1.29, 1.82) is 0 Å². The highest BCUT2D eigenvalue weighted by Crippen LogP contribution is 2.53. The number of benzene rings is 4. The van der Waals surface area contributed by atoms with Crippen molar-refractivity contribution in [3.8, 4) is 22.3 Å². The molecule has 0 bridgehead atoms. The van der Waals surface area contributed by atoms with Crippen LogP contribution in [0.1, 0.15) is 31.7 Å². The lowest BCUT2D eigenvalue weighted by atomic mass is 9.85. The van der Waals surface area contributed by atoms with Crippen LogP contribution in [0.2, 0.25) is 0 Å². The van der Waals surface area contributed by atoms with Crippen LogP contribution in [0.5, 0.6) is 0 Å². The minimum Gasteiger partial charge on any atom is -0.135 e. The van der Waals surface area contributed by atoms with Crippen molar-refractivity contribution in [3.63, 3.8) is 0 Å². The molecule has 0 saturated carbocycles. The average molecular weight is 437 g/mol. The van der Waals surface area contributed by atoms with E-state index in [0.717, 1.165) is 6.42 Å². The molecule has 1 aliphatic rings. The van der Waals surface area contributed by atoms with E-state index in [9.17, 15) is 0 Å². The van der Waals surface area contributed by atoms with Crippen molar-refractivity contribution in [2.45, 2.75) is 42.4 Å². The van der Waals surface area contributed by atoms with Gasteiger partial charge >= 0.3 is 0 Å². The molecule has 5 aromatic rings. The average Bonchev–Trinajstić information content (AvgIpc) is 3.10. The normalized spacial score (nSPS) is 12.4. The van der Waals surface area contributed by atoms with E-state index in [1.807, 2.05) is 23.1 Å². The van der Waals surface area contributed by atoms with Crippen molar-refractivity contribution < 1.29 is 0 Å². The molecule has 0 spiro atoms. The summed E-state index contributed by atoms with van der Waals surface area (Å²) >= 11 is 3.86. The van der Waals surface area contributed by atoms with Gasteiger partial charge in [0.25, 0.3) is 0 Å². The molecule has 0 saturated heterocycles. The molecule has 1 aromatic heterocycles. The fourth-order valence-corrected chi connectivity index (χ4v) is 7.19. The molecule has 4 aromatic carbocycles. The van der Waals surface area contributed by atoms with E-state index in [1.165, 1.54) is 77.0 Å². The van der Waals surface area contributed by atoms with Crippen LogP contribution in [-0.2, 0) is 6.42 Å². The largest absolute Gasteiger partial charge is 0.135 e. The maximum Gasteiger partial charge on any atom is 0.0364 e. The van der Waals surface area contributed by atoms with Crippen LogP contribution < -0.4 is 0 Å². The summed E-state index contributed by atoms with van der Waals surface area (Å²) in [5.41, 5.74) is 7.17. The highest BCUT2D eigenvalue weighted by atomic mass is 32.2. The Bertz CT molecular complexity index is 1420. The van der Waals surface area contributed by atoms with Gasteiger partial charge in [0, 0.05) is 35.5 Å². The molecular formula is C29H24S2. The van der Waals surface area contributed by atoms with Crippen molar-refractivity contribution in [2.75, 3.05) is 0 Å². The first-order valence-electron chi connectivity index (χ1n) is 11.2. The standard InChI is InChI=1S/C29H24S2/c1-2-3-4-11-19-18-26-28(21-13-6-9-16-24(21)31-26)29-22-14-7-10-17-25(22)30-23-15-8-5-12-20(23)27(19)29/h5-10,12-18H,2-4,11H2,1H3. The van der Waals surface area contributed by atoms with E-state index < -0.39 is 0 Å². The predicted octanol–water partition coefficient (Wildman–Crippen LogP) is 9.59. The van der Waals surface area contributed by atoms with Crippen LogP contribution >= 0.6 is 23.1 Å². The van der Waals surface area contributed by atoms with Gasteiger partial charge in [-0.05, 0) is 59.4 Å². The monoisotopic (exact) mass is 436 g/mol. The maximum atomic E-state index is 2.50. The number of rotatable bonds is 4. The molecule has 152 valence electrons. The third kappa shape index (κ3) is 3.12. The zero-order valence-electron chi connectivity index (χ0n) is 17.7. The summed E-state index contributed by atoms with van der Waals surface area (Å²) in [6, 6.07) is 29.4. The fourth-order valence-electron chi connectivity index (χ4n) is 4.92. The Kier molecular flexibility index (Phi) is 4.85. The molecule has 0 aliphatic carbocycles. The van der Waals surface area contributed by atoms with Gasteiger partial charge in [-0.25, -0.2) is 0 Å². The molecule has 0 fully saturated rings. The van der Waals surface area contributed by atoms with Crippen molar-refractivity contribution >= 4 is 43.3 Å². The van der Waals surface area contributed by atoms with E-state index in [0.29, 0.717) is 0 Å². The summed E-state index contributed by atoms with van der Waals surface area (Å²) in [4.78, 5) is 2.72. The molecule has 0 unspecified atom stereocenters. The number of fused-ring (bicyclic) bond motifs is 9. The molecule has 2 heterocycles. The number of hydrogen-bond donors (Lipinski definition) is 0. The first-order chi connectivity index (χ1) is 15.3. The first kappa shape index (κ1) is 19.2. The van der Waals surface area contributed by atoms with E-state index in [2.05, 4.69) is 85.8 Å². The van der Waals surface area contributed by atoms with Gasteiger partial charge < -0.3 is 0 Å². The lowest BCUT2D eigenvalue weighted by molar-refractivity contribution is 0.718. The van der Waals surface area contributed by atoms with Crippen molar-refractivity contribution in [1.82, 2.24) is 0 Å². The summed E-state index contributed by atoms with van der Waals surface area (Å²) in [6.07, 6.45) is 4.92. The van der Waals surface area contributed by atoms with Crippen LogP contribution in [0.25, 0.3) is 42.4 Å². The minimum atomic E-state index is 1.14. The van der Waals surface area contributed by atoms with Gasteiger partial charge in [0.2, 0.25) is 0 Å². The van der Waals surface area contributed by atoms with Crippen molar-refractivity contribution in [3.05, 3.63) is 84.4 Å². The Hall–Kier alpha value is -2.55. The molecule has 0 nitrogen and oxygen atoms in total. The highest BCUT2D eigenvalue weighted by Gasteiger charge is 2.26. The van der Waals surface area contributed by atoms with Crippen molar-refractivity contribution in [2.24, 2.45) is 0 Å². The SMILES string of the molecule is CCCCCc1cc2sc3ccccc3c2c2c1-c1ccccc1Sc1ccccc1-2. The molecule has 0 radical (unpaired) electrons. The number of thiophene rings is 1. The summed E-state index contributed by atoms with van der Waals surface area (Å²) < 4.78 is 2.80. The molecule has 0 amide bonds. The molecule has 1 aliphatic heterocycles. The molecule has 2 heteroatoms. The molecule has 0 atom stereocenters. The van der Waals surface area contributed by atoms with Gasteiger partial charge in [0.05, 0.1) is 0 Å². The first-order valence-corrected chi connectivity index (χ1v) is 12.8. The van der Waals surface area contributed by atoms with Gasteiger partial charge in [-0.1, -0.05) is 86.1 Å². The Morgan fingerprint density at radius 3 is 2.13 bits per heavy atom. The Morgan fingerprint density at radius 1 is 0.677 bits per heavy atom. The summed E-state index contributed by atoms with van der Waals surface area (Å²) in [5, 5.41) is 2.82. The number of unbranched alkanes of at least 4 members (excludes halogenated alkanes) is 2. The molecular weight excluding hydrogens is 412 g/mol.